The predicted molar refractivity (Wildman–Crippen MR) is 71.1 cm³/mol. The molecule has 1 N–H and O–H groups in total. The lowest BCUT2D eigenvalue weighted by atomic mass is 9.98. The molecule has 0 saturated heterocycles. The van der Waals surface area contributed by atoms with Gasteiger partial charge in [0.05, 0.1) is 12.3 Å². The third kappa shape index (κ3) is 4.45. The minimum Gasteiger partial charge on any atom is -0.468 e. The van der Waals surface area contributed by atoms with E-state index in [9.17, 15) is 0 Å². The number of aryl methyl sites for hydroxylation is 1. The zero-order valence-corrected chi connectivity index (χ0v) is 11.6. The summed E-state index contributed by atoms with van der Waals surface area (Å²) >= 11 is 1.79. The van der Waals surface area contributed by atoms with Gasteiger partial charge in [-0.05, 0) is 45.1 Å². The molecule has 0 saturated carbocycles. The summed E-state index contributed by atoms with van der Waals surface area (Å²) in [5.74, 6) is 1.99. The molecule has 17 heavy (non-hydrogen) atoms. The molecular formula is C13H20N2OS. The van der Waals surface area contributed by atoms with Crippen LogP contribution in [0, 0.1) is 18.3 Å². The molecule has 0 aliphatic heterocycles. The van der Waals surface area contributed by atoms with Gasteiger partial charge in [0.25, 0.3) is 0 Å². The first-order chi connectivity index (χ1) is 8.11. The minimum absolute atomic E-state index is 0.388. The van der Waals surface area contributed by atoms with Crippen molar-refractivity contribution in [3.63, 3.8) is 0 Å². The van der Waals surface area contributed by atoms with E-state index in [4.69, 9.17) is 9.68 Å². The highest BCUT2D eigenvalue weighted by Crippen LogP contribution is 2.25. The summed E-state index contributed by atoms with van der Waals surface area (Å²) in [4.78, 5) is 1.20. The van der Waals surface area contributed by atoms with Crippen molar-refractivity contribution in [1.29, 1.82) is 5.26 Å². The van der Waals surface area contributed by atoms with Crippen LogP contribution in [0.15, 0.2) is 21.6 Å². The number of hydrogen-bond acceptors (Lipinski definition) is 4. The van der Waals surface area contributed by atoms with Gasteiger partial charge in [-0.1, -0.05) is 6.92 Å². The van der Waals surface area contributed by atoms with Crippen LogP contribution in [-0.4, -0.2) is 17.8 Å². The number of nitrogens with zero attached hydrogens (tertiary/aromatic N) is 1. The van der Waals surface area contributed by atoms with Gasteiger partial charge in [0.2, 0.25) is 0 Å². The second-order valence-corrected chi connectivity index (χ2v) is 5.40. The fourth-order valence-electron chi connectivity index (χ4n) is 1.70. The molecule has 1 heterocycles. The number of hydrogen-bond donors (Lipinski definition) is 1. The van der Waals surface area contributed by atoms with Crippen LogP contribution in [0.4, 0.5) is 0 Å². The van der Waals surface area contributed by atoms with Crippen LogP contribution in [0.3, 0.4) is 0 Å². The molecule has 0 fully saturated rings. The van der Waals surface area contributed by atoms with Crippen LogP contribution in [0.2, 0.25) is 0 Å². The molecule has 1 unspecified atom stereocenters. The maximum Gasteiger partial charge on any atom is 0.114 e. The highest BCUT2D eigenvalue weighted by molar-refractivity contribution is 7.99. The van der Waals surface area contributed by atoms with Gasteiger partial charge >= 0.3 is 0 Å². The summed E-state index contributed by atoms with van der Waals surface area (Å²) in [7, 11) is 0. The summed E-state index contributed by atoms with van der Waals surface area (Å²) in [6.45, 7) is 6.79. The molecule has 4 heteroatoms. The molecule has 1 aromatic rings. The molecule has 0 aromatic carbocycles. The average Bonchev–Trinajstić information content (AvgIpc) is 2.71. The second kappa shape index (κ2) is 6.73. The zero-order chi connectivity index (χ0) is 12.7. The average molecular weight is 252 g/mol. The third-order valence-corrected chi connectivity index (χ3v) is 3.93. The van der Waals surface area contributed by atoms with Gasteiger partial charge < -0.3 is 4.42 Å². The zero-order valence-electron chi connectivity index (χ0n) is 10.7. The van der Waals surface area contributed by atoms with Crippen molar-refractivity contribution in [1.82, 2.24) is 5.32 Å². The van der Waals surface area contributed by atoms with Gasteiger partial charge in [0.1, 0.15) is 11.3 Å². The Labute approximate surface area is 108 Å². The van der Waals surface area contributed by atoms with E-state index in [1.807, 2.05) is 26.8 Å². The first-order valence-electron chi connectivity index (χ1n) is 5.94. The van der Waals surface area contributed by atoms with E-state index < -0.39 is 0 Å². The van der Waals surface area contributed by atoms with Crippen molar-refractivity contribution in [2.24, 2.45) is 0 Å². The fourth-order valence-corrected chi connectivity index (χ4v) is 2.62. The lowest BCUT2D eigenvalue weighted by Crippen LogP contribution is -2.40. The first kappa shape index (κ1) is 14.1. The molecule has 1 atom stereocenters. The summed E-state index contributed by atoms with van der Waals surface area (Å²) in [5, 5.41) is 12.3. The quantitative estimate of drug-likeness (QED) is 0.597. The number of furan rings is 1. The molecular weight excluding hydrogens is 232 g/mol. The monoisotopic (exact) mass is 252 g/mol. The maximum atomic E-state index is 9.11. The summed E-state index contributed by atoms with van der Waals surface area (Å²) < 4.78 is 5.24. The fraction of sp³-hybridized carbons (Fsp3) is 0.615. The lowest BCUT2D eigenvalue weighted by Gasteiger charge is -2.22. The van der Waals surface area contributed by atoms with Crippen molar-refractivity contribution in [2.75, 3.05) is 12.3 Å². The van der Waals surface area contributed by atoms with E-state index in [1.54, 1.807) is 18.0 Å². The van der Waals surface area contributed by atoms with Gasteiger partial charge in [-0.3, -0.25) is 5.32 Å². The van der Waals surface area contributed by atoms with Gasteiger partial charge in [0.15, 0.2) is 0 Å². The van der Waals surface area contributed by atoms with Crippen LogP contribution in [0.1, 0.15) is 32.4 Å². The Morgan fingerprint density at radius 3 is 2.88 bits per heavy atom. The summed E-state index contributed by atoms with van der Waals surface area (Å²) in [5.41, 5.74) is -0.388. The Morgan fingerprint density at radius 1 is 1.59 bits per heavy atom. The standard InChI is InChI=1S/C13H20N2OS/c1-4-15-13(3,10-14)7-5-9-17-12-6-8-16-11(12)2/h6,8,15H,4-5,7,9H2,1-3H3. The SMILES string of the molecule is CCNC(C)(C#N)CCCSc1ccoc1C. The molecule has 1 aromatic heterocycles. The largest absolute Gasteiger partial charge is 0.468 e. The van der Waals surface area contributed by atoms with E-state index in [-0.39, 0.29) is 5.54 Å². The number of thioether (sulfide) groups is 1. The lowest BCUT2D eigenvalue weighted by molar-refractivity contribution is 0.426. The molecule has 0 aliphatic carbocycles. The van der Waals surface area contributed by atoms with Crippen molar-refractivity contribution in [2.45, 2.75) is 44.0 Å². The molecule has 94 valence electrons. The highest BCUT2D eigenvalue weighted by atomic mass is 32.2. The van der Waals surface area contributed by atoms with Crippen molar-refractivity contribution in [3.8, 4) is 6.07 Å². The smallest absolute Gasteiger partial charge is 0.114 e. The molecule has 0 spiro atoms. The molecule has 0 radical (unpaired) electrons. The maximum absolute atomic E-state index is 9.11. The Hall–Kier alpha value is -0.920. The Morgan fingerprint density at radius 2 is 2.35 bits per heavy atom. The van der Waals surface area contributed by atoms with Gasteiger partial charge in [-0.2, -0.15) is 5.26 Å². The number of rotatable bonds is 7. The molecule has 0 aliphatic rings. The molecule has 1 rings (SSSR count). The van der Waals surface area contributed by atoms with Crippen molar-refractivity contribution < 1.29 is 4.42 Å². The normalized spacial score (nSPS) is 14.2. The molecule has 3 nitrogen and oxygen atoms in total. The molecule has 0 bridgehead atoms. The van der Waals surface area contributed by atoms with Gasteiger partial charge in [-0.25, -0.2) is 0 Å². The van der Waals surface area contributed by atoms with E-state index in [0.29, 0.717) is 0 Å². The van der Waals surface area contributed by atoms with E-state index in [0.717, 1.165) is 30.9 Å². The van der Waals surface area contributed by atoms with Crippen molar-refractivity contribution in [3.05, 3.63) is 18.1 Å². The summed E-state index contributed by atoms with van der Waals surface area (Å²) in [6, 6.07) is 4.34. The highest BCUT2D eigenvalue weighted by Gasteiger charge is 2.21. The van der Waals surface area contributed by atoms with Crippen LogP contribution >= 0.6 is 11.8 Å². The van der Waals surface area contributed by atoms with E-state index in [1.165, 1.54) is 4.90 Å². The minimum atomic E-state index is -0.388. The van der Waals surface area contributed by atoms with Crippen LogP contribution in [0.5, 0.6) is 0 Å². The van der Waals surface area contributed by atoms with Crippen LogP contribution in [0.25, 0.3) is 0 Å². The molecule has 0 amide bonds. The van der Waals surface area contributed by atoms with Gasteiger partial charge in [-0.15, -0.1) is 11.8 Å². The predicted octanol–water partition coefficient (Wildman–Crippen LogP) is 3.35. The Kier molecular flexibility index (Phi) is 5.60. The van der Waals surface area contributed by atoms with E-state index in [2.05, 4.69) is 11.4 Å². The topological polar surface area (TPSA) is 49.0 Å². The number of nitriles is 1. The Balaban J connectivity index is 2.29. The third-order valence-electron chi connectivity index (χ3n) is 2.70. The number of nitrogens with one attached hydrogen (secondary N) is 1. The van der Waals surface area contributed by atoms with Crippen LogP contribution < -0.4 is 5.32 Å². The van der Waals surface area contributed by atoms with Crippen molar-refractivity contribution >= 4 is 11.8 Å². The van der Waals surface area contributed by atoms with Crippen LogP contribution in [-0.2, 0) is 0 Å². The summed E-state index contributed by atoms with van der Waals surface area (Å²) in [6.07, 6.45) is 3.61. The second-order valence-electron chi connectivity index (χ2n) is 4.27. The van der Waals surface area contributed by atoms with Gasteiger partial charge in [0, 0.05) is 4.90 Å². The first-order valence-corrected chi connectivity index (χ1v) is 6.93. The Bertz CT molecular complexity index is 383. The van der Waals surface area contributed by atoms with E-state index >= 15 is 0 Å².